The first-order valence-corrected chi connectivity index (χ1v) is 10.3. The van der Waals surface area contributed by atoms with E-state index in [2.05, 4.69) is 27.2 Å². The fraction of sp³-hybridized carbons (Fsp3) is 0.348. The van der Waals surface area contributed by atoms with Gasteiger partial charge in [0.05, 0.1) is 29.5 Å². The number of rotatable bonds is 2. The number of carbonyl (C=O) groups excluding carboxylic acids is 1. The van der Waals surface area contributed by atoms with Crippen molar-refractivity contribution in [3.8, 4) is 28.5 Å². The second-order valence-corrected chi connectivity index (χ2v) is 8.66. The van der Waals surface area contributed by atoms with Crippen molar-refractivity contribution >= 4 is 5.91 Å². The lowest BCUT2D eigenvalue weighted by Crippen LogP contribution is -2.65. The Bertz CT molecular complexity index is 1180. The van der Waals surface area contributed by atoms with Crippen LogP contribution in [-0.4, -0.2) is 59.6 Å². The summed E-state index contributed by atoms with van der Waals surface area (Å²) in [5.74, 6) is 1.52. The van der Waals surface area contributed by atoms with Crippen LogP contribution < -0.4 is 10.1 Å². The molecule has 0 bridgehead atoms. The van der Waals surface area contributed by atoms with Gasteiger partial charge in [-0.2, -0.15) is 0 Å². The number of likely N-dealkylation sites (N-methyl/N-ethyl adjacent to an activating group) is 1. The first kappa shape index (κ1) is 17.7. The fourth-order valence-corrected chi connectivity index (χ4v) is 5.27. The number of aryl methyl sites for hydroxylation is 1. The van der Waals surface area contributed by atoms with Crippen LogP contribution in [0.15, 0.2) is 30.5 Å². The summed E-state index contributed by atoms with van der Waals surface area (Å²) in [4.78, 5) is 28.3. The van der Waals surface area contributed by atoms with Crippen LogP contribution in [0.4, 0.5) is 0 Å². The highest BCUT2D eigenvalue weighted by atomic mass is 16.5. The minimum Gasteiger partial charge on any atom is -0.497 e. The highest BCUT2D eigenvalue weighted by Gasteiger charge is 2.50. The summed E-state index contributed by atoms with van der Waals surface area (Å²) in [5, 5.41) is 3.13. The third kappa shape index (κ3) is 2.38. The molecule has 30 heavy (non-hydrogen) atoms. The van der Waals surface area contributed by atoms with Crippen molar-refractivity contribution in [3.63, 3.8) is 0 Å². The number of amides is 1. The number of aromatic nitrogens is 3. The number of carbonyl (C=O) groups is 1. The summed E-state index contributed by atoms with van der Waals surface area (Å²) in [7, 11) is 3.77. The molecule has 2 aromatic heterocycles. The van der Waals surface area contributed by atoms with Crippen LogP contribution in [-0.2, 0) is 18.3 Å². The van der Waals surface area contributed by atoms with E-state index in [1.165, 1.54) is 0 Å². The van der Waals surface area contributed by atoms with E-state index in [1.807, 2.05) is 30.5 Å². The van der Waals surface area contributed by atoms with Crippen LogP contribution in [0.1, 0.15) is 27.2 Å². The highest BCUT2D eigenvalue weighted by molar-refractivity contribution is 6.01. The maximum atomic E-state index is 12.8. The van der Waals surface area contributed by atoms with Gasteiger partial charge in [-0.15, -0.1) is 0 Å². The van der Waals surface area contributed by atoms with Gasteiger partial charge >= 0.3 is 0 Å². The number of nitrogens with zero attached hydrogens (tertiary/aromatic N) is 3. The molecule has 1 aliphatic carbocycles. The number of H-pyrrole nitrogens is 1. The molecule has 2 N–H and O–H groups in total. The van der Waals surface area contributed by atoms with Gasteiger partial charge in [-0.3, -0.25) is 4.79 Å². The Morgan fingerprint density at radius 3 is 2.70 bits per heavy atom. The number of ether oxygens (including phenoxy) is 1. The topological polar surface area (TPSA) is 83.1 Å². The molecule has 7 nitrogen and oxygen atoms in total. The minimum absolute atomic E-state index is 0.0126. The van der Waals surface area contributed by atoms with Crippen LogP contribution in [0.5, 0.6) is 5.75 Å². The summed E-state index contributed by atoms with van der Waals surface area (Å²) in [5.41, 5.74) is 7.00. The average Bonchev–Trinajstić information content (AvgIpc) is 3.16. The molecular weight excluding hydrogens is 378 g/mol. The lowest BCUT2D eigenvalue weighted by atomic mass is 9.73. The quantitative estimate of drug-likeness (QED) is 0.688. The molecule has 3 aromatic rings. The van der Waals surface area contributed by atoms with E-state index in [4.69, 9.17) is 9.72 Å². The van der Waals surface area contributed by atoms with Crippen LogP contribution in [0.2, 0.25) is 0 Å². The molecular formula is C23H23N5O2. The third-order valence-electron chi connectivity index (χ3n) is 6.69. The standard InChI is InChI=1S/C23H23N5O2/c1-28-11-23(12-28)10-25-22(29)17-16-8-5-14-9-24-21(13-3-6-15(30-2)7-4-13)27-18(14)19(16)26-20(17)23/h3-4,6-7,9,26H,5,8,10-12H2,1-2H3,(H,25,29). The van der Waals surface area contributed by atoms with Gasteiger partial charge < -0.3 is 19.9 Å². The normalized spacial score (nSPS) is 18.8. The van der Waals surface area contributed by atoms with E-state index >= 15 is 0 Å². The first-order valence-electron chi connectivity index (χ1n) is 10.3. The van der Waals surface area contributed by atoms with Crippen molar-refractivity contribution in [3.05, 3.63) is 52.8 Å². The lowest BCUT2D eigenvalue weighted by molar-refractivity contribution is 0.0688. The van der Waals surface area contributed by atoms with Gasteiger partial charge in [0.25, 0.3) is 5.91 Å². The van der Waals surface area contributed by atoms with Crippen LogP contribution >= 0.6 is 0 Å². The maximum Gasteiger partial charge on any atom is 0.253 e. The summed E-state index contributed by atoms with van der Waals surface area (Å²) < 4.78 is 5.25. The van der Waals surface area contributed by atoms with Crippen LogP contribution in [0.25, 0.3) is 22.8 Å². The molecule has 2 aliphatic heterocycles. The summed E-state index contributed by atoms with van der Waals surface area (Å²) in [6.45, 7) is 2.59. The van der Waals surface area contributed by atoms with Crippen LogP contribution in [0.3, 0.4) is 0 Å². The molecule has 6 rings (SSSR count). The van der Waals surface area contributed by atoms with Gasteiger partial charge in [0.2, 0.25) is 0 Å². The molecule has 1 amide bonds. The Kier molecular flexibility index (Phi) is 3.62. The number of methoxy groups -OCH3 is 1. The molecule has 7 heteroatoms. The molecule has 0 unspecified atom stereocenters. The largest absolute Gasteiger partial charge is 0.497 e. The molecule has 1 aromatic carbocycles. The number of aromatic amines is 1. The molecule has 0 saturated carbocycles. The van der Waals surface area contributed by atoms with E-state index in [-0.39, 0.29) is 11.3 Å². The third-order valence-corrected chi connectivity index (χ3v) is 6.69. The van der Waals surface area contributed by atoms with Crippen molar-refractivity contribution in [2.24, 2.45) is 0 Å². The predicted octanol–water partition coefficient (Wildman–Crippen LogP) is 2.17. The Labute approximate surface area is 174 Å². The van der Waals surface area contributed by atoms with Gasteiger partial charge in [-0.25, -0.2) is 9.97 Å². The van der Waals surface area contributed by atoms with Gasteiger partial charge in [-0.05, 0) is 55.3 Å². The zero-order valence-corrected chi connectivity index (χ0v) is 17.1. The number of nitrogens with one attached hydrogen (secondary N) is 2. The van der Waals surface area contributed by atoms with E-state index in [1.54, 1.807) is 7.11 Å². The molecule has 152 valence electrons. The summed E-state index contributed by atoms with van der Waals surface area (Å²) in [6, 6.07) is 7.77. The highest BCUT2D eigenvalue weighted by Crippen LogP contribution is 2.43. The summed E-state index contributed by atoms with van der Waals surface area (Å²) in [6.07, 6.45) is 3.60. The Morgan fingerprint density at radius 2 is 1.97 bits per heavy atom. The van der Waals surface area contributed by atoms with E-state index in [9.17, 15) is 4.79 Å². The fourth-order valence-electron chi connectivity index (χ4n) is 5.27. The van der Waals surface area contributed by atoms with Crippen molar-refractivity contribution in [2.75, 3.05) is 33.8 Å². The van der Waals surface area contributed by atoms with Gasteiger partial charge in [0.15, 0.2) is 5.82 Å². The molecule has 4 heterocycles. The van der Waals surface area contributed by atoms with Crippen molar-refractivity contribution in [1.29, 1.82) is 0 Å². The number of likely N-dealkylation sites (tertiary alicyclic amines) is 1. The van der Waals surface area contributed by atoms with Crippen molar-refractivity contribution in [1.82, 2.24) is 25.2 Å². The molecule has 3 aliphatic rings. The zero-order valence-electron chi connectivity index (χ0n) is 17.1. The number of hydrogen-bond donors (Lipinski definition) is 2. The van der Waals surface area contributed by atoms with Gasteiger partial charge in [0.1, 0.15) is 5.75 Å². The van der Waals surface area contributed by atoms with Gasteiger partial charge in [0, 0.05) is 37.1 Å². The summed E-state index contributed by atoms with van der Waals surface area (Å²) >= 11 is 0. The number of hydrogen-bond acceptors (Lipinski definition) is 5. The van der Waals surface area contributed by atoms with E-state index < -0.39 is 0 Å². The van der Waals surface area contributed by atoms with E-state index in [0.29, 0.717) is 12.4 Å². The SMILES string of the molecule is COc1ccc(-c2ncc3c(n2)-c2[nH]c4c(c2CC3)C(=O)NCC42CN(C)C2)cc1. The van der Waals surface area contributed by atoms with Crippen LogP contribution in [0, 0.1) is 0 Å². The molecule has 1 fully saturated rings. The van der Waals surface area contributed by atoms with Crippen molar-refractivity contribution < 1.29 is 9.53 Å². The van der Waals surface area contributed by atoms with E-state index in [0.717, 1.165) is 71.0 Å². The molecule has 1 saturated heterocycles. The lowest BCUT2D eigenvalue weighted by Gasteiger charge is -2.50. The van der Waals surface area contributed by atoms with Crippen molar-refractivity contribution in [2.45, 2.75) is 18.3 Å². The average molecular weight is 401 g/mol. The Morgan fingerprint density at radius 1 is 1.17 bits per heavy atom. The number of benzene rings is 1. The molecule has 0 radical (unpaired) electrons. The van der Waals surface area contributed by atoms with Gasteiger partial charge in [-0.1, -0.05) is 0 Å². The first-order chi connectivity index (χ1) is 14.6. The second-order valence-electron chi connectivity index (χ2n) is 8.66. The zero-order chi connectivity index (χ0) is 20.5. The Balaban J connectivity index is 1.48. The predicted molar refractivity (Wildman–Crippen MR) is 113 cm³/mol. The minimum atomic E-state index is -0.0126. The smallest absolute Gasteiger partial charge is 0.253 e. The second kappa shape index (κ2) is 6.15. The monoisotopic (exact) mass is 401 g/mol. The Hall–Kier alpha value is -3.19. The molecule has 0 atom stereocenters. The maximum absolute atomic E-state index is 12.8. The number of fused-ring (bicyclic) bond motifs is 6. The molecule has 1 spiro atoms.